The van der Waals surface area contributed by atoms with Gasteiger partial charge in [-0.05, 0) is 37.1 Å². The fourth-order valence-electron chi connectivity index (χ4n) is 3.08. The number of Topliss-reactive ketones (excluding diaryl/α,β-unsaturated/α-hetero) is 1. The van der Waals surface area contributed by atoms with Crippen LogP contribution in [0, 0.1) is 17.6 Å². The Morgan fingerprint density at radius 3 is 2.62 bits per heavy atom. The number of halogens is 3. The minimum absolute atomic E-state index is 0.0511. The van der Waals surface area contributed by atoms with E-state index in [0.717, 1.165) is 16.4 Å². The van der Waals surface area contributed by atoms with Crippen molar-refractivity contribution in [1.82, 2.24) is 4.31 Å². The zero-order chi connectivity index (χ0) is 18.9. The van der Waals surface area contributed by atoms with Crippen LogP contribution in [0.15, 0.2) is 47.4 Å². The van der Waals surface area contributed by atoms with Crippen LogP contribution in [0.2, 0.25) is 5.02 Å². The van der Waals surface area contributed by atoms with Crippen molar-refractivity contribution in [1.29, 1.82) is 0 Å². The van der Waals surface area contributed by atoms with Gasteiger partial charge in [-0.3, -0.25) is 4.79 Å². The molecule has 0 radical (unpaired) electrons. The van der Waals surface area contributed by atoms with Gasteiger partial charge in [0.25, 0.3) is 0 Å². The van der Waals surface area contributed by atoms with Gasteiger partial charge in [-0.1, -0.05) is 23.7 Å². The minimum atomic E-state index is -4.15. The highest BCUT2D eigenvalue weighted by atomic mass is 35.5. The fourth-order valence-corrected chi connectivity index (χ4v) is 4.84. The minimum Gasteiger partial charge on any atom is -0.294 e. The van der Waals surface area contributed by atoms with Gasteiger partial charge in [0.15, 0.2) is 5.78 Å². The van der Waals surface area contributed by atoms with Gasteiger partial charge in [-0.2, -0.15) is 4.31 Å². The molecule has 2 aromatic carbocycles. The van der Waals surface area contributed by atoms with Gasteiger partial charge in [-0.15, -0.1) is 0 Å². The number of hydrogen-bond acceptors (Lipinski definition) is 3. The summed E-state index contributed by atoms with van der Waals surface area (Å²) < 4.78 is 53.5. The number of carbonyl (C=O) groups is 1. The number of ketones is 1. The van der Waals surface area contributed by atoms with Gasteiger partial charge >= 0.3 is 0 Å². The molecule has 0 spiro atoms. The summed E-state index contributed by atoms with van der Waals surface area (Å²) in [4.78, 5) is 12.1. The summed E-state index contributed by atoms with van der Waals surface area (Å²) >= 11 is 5.91. The molecule has 2 aromatic rings. The number of hydrogen-bond donors (Lipinski definition) is 0. The second kappa shape index (κ2) is 7.42. The molecule has 0 N–H and O–H groups in total. The molecule has 8 heteroatoms. The lowest BCUT2D eigenvalue weighted by molar-refractivity contribution is 0.0872. The Balaban J connectivity index is 1.84. The summed E-state index contributed by atoms with van der Waals surface area (Å²) in [6, 6.07) is 8.80. The lowest BCUT2D eigenvalue weighted by Crippen LogP contribution is -2.42. The Bertz CT molecular complexity index is 949. The topological polar surface area (TPSA) is 54.5 Å². The third kappa shape index (κ3) is 3.79. The van der Waals surface area contributed by atoms with Crippen molar-refractivity contribution in [3.05, 3.63) is 64.7 Å². The molecule has 1 atom stereocenters. The zero-order valence-corrected chi connectivity index (χ0v) is 15.2. The molecule has 4 nitrogen and oxygen atoms in total. The smallest absolute Gasteiger partial charge is 0.246 e. The van der Waals surface area contributed by atoms with Crippen LogP contribution < -0.4 is 0 Å². The van der Waals surface area contributed by atoms with Crippen molar-refractivity contribution in [2.24, 2.45) is 5.92 Å². The molecule has 3 rings (SSSR count). The Morgan fingerprint density at radius 1 is 1.15 bits per heavy atom. The molecule has 138 valence electrons. The predicted octanol–water partition coefficient (Wildman–Crippen LogP) is 3.90. The second-order valence-electron chi connectivity index (χ2n) is 6.15. The van der Waals surface area contributed by atoms with E-state index in [-0.39, 0.29) is 18.9 Å². The molecular weight excluding hydrogens is 384 g/mol. The Hall–Kier alpha value is -1.83. The van der Waals surface area contributed by atoms with Crippen LogP contribution in [0.1, 0.15) is 23.2 Å². The third-order valence-corrected chi connectivity index (χ3v) is 6.51. The second-order valence-corrected chi connectivity index (χ2v) is 8.49. The van der Waals surface area contributed by atoms with Crippen LogP contribution in [0.5, 0.6) is 0 Å². The van der Waals surface area contributed by atoms with E-state index in [0.29, 0.717) is 29.5 Å². The number of piperidine rings is 1. The number of nitrogens with zero attached hydrogens (tertiary/aromatic N) is 1. The zero-order valence-electron chi connectivity index (χ0n) is 13.7. The van der Waals surface area contributed by atoms with Crippen molar-refractivity contribution < 1.29 is 22.0 Å². The van der Waals surface area contributed by atoms with E-state index in [4.69, 9.17) is 11.6 Å². The molecule has 26 heavy (non-hydrogen) atoms. The molecule has 1 heterocycles. The molecule has 0 aromatic heterocycles. The maximum absolute atomic E-state index is 13.9. The lowest BCUT2D eigenvalue weighted by atomic mass is 9.91. The average Bonchev–Trinajstić information content (AvgIpc) is 2.61. The van der Waals surface area contributed by atoms with Crippen molar-refractivity contribution >= 4 is 27.4 Å². The number of rotatable bonds is 4. The summed E-state index contributed by atoms with van der Waals surface area (Å²) in [6.07, 6.45) is 1.00. The van der Waals surface area contributed by atoms with Crippen molar-refractivity contribution in [2.45, 2.75) is 17.7 Å². The number of benzene rings is 2. The first-order chi connectivity index (χ1) is 12.3. The summed E-state index contributed by atoms with van der Waals surface area (Å²) in [5.41, 5.74) is 0.412. The number of carbonyl (C=O) groups excluding carboxylic acids is 1. The van der Waals surface area contributed by atoms with E-state index in [2.05, 4.69) is 0 Å². The Kier molecular flexibility index (Phi) is 5.41. The molecule has 0 amide bonds. The highest BCUT2D eigenvalue weighted by molar-refractivity contribution is 7.89. The highest BCUT2D eigenvalue weighted by Crippen LogP contribution is 2.28. The first-order valence-corrected chi connectivity index (χ1v) is 9.86. The molecular formula is C18H16ClF2NO3S. The Labute approximate surface area is 155 Å². The van der Waals surface area contributed by atoms with Crippen molar-refractivity contribution in [3.8, 4) is 0 Å². The fraction of sp³-hybridized carbons (Fsp3) is 0.278. The predicted molar refractivity (Wildman–Crippen MR) is 93.6 cm³/mol. The molecule has 0 unspecified atom stereocenters. The lowest BCUT2D eigenvalue weighted by Gasteiger charge is -2.31. The molecule has 1 fully saturated rings. The Morgan fingerprint density at radius 2 is 1.92 bits per heavy atom. The van der Waals surface area contributed by atoms with E-state index in [9.17, 15) is 22.0 Å². The van der Waals surface area contributed by atoms with E-state index < -0.39 is 32.5 Å². The number of sulfonamides is 1. The third-order valence-electron chi connectivity index (χ3n) is 4.38. The normalized spacial score (nSPS) is 18.7. The van der Waals surface area contributed by atoms with Crippen LogP contribution in [0.4, 0.5) is 8.78 Å². The van der Waals surface area contributed by atoms with Gasteiger partial charge in [0.2, 0.25) is 10.0 Å². The van der Waals surface area contributed by atoms with E-state index >= 15 is 0 Å². The molecule has 0 bridgehead atoms. The maximum Gasteiger partial charge on any atom is 0.246 e. The van der Waals surface area contributed by atoms with Crippen LogP contribution in [-0.2, 0) is 10.0 Å². The van der Waals surface area contributed by atoms with Crippen LogP contribution in [-0.4, -0.2) is 31.6 Å². The average molecular weight is 400 g/mol. The van der Waals surface area contributed by atoms with E-state index in [1.807, 2.05) is 0 Å². The van der Waals surface area contributed by atoms with Crippen LogP contribution in [0.3, 0.4) is 0 Å². The standard InChI is InChI=1S/C18H16ClF2NO3S/c19-14-5-1-3-12(9-14)18(23)13-4-2-8-22(11-13)26(24,25)17-7-6-15(20)10-16(17)21/h1,3,5-7,9-10,13H,2,4,8,11H2/t13-/m0/s1. The van der Waals surface area contributed by atoms with E-state index in [1.165, 1.54) is 6.07 Å². The molecule has 1 aliphatic heterocycles. The van der Waals surface area contributed by atoms with E-state index in [1.54, 1.807) is 18.2 Å². The SMILES string of the molecule is O=C(c1cccc(Cl)c1)[C@H]1CCCN(S(=O)(=O)c2ccc(F)cc2F)C1. The van der Waals surface area contributed by atoms with Crippen LogP contribution in [0.25, 0.3) is 0 Å². The van der Waals surface area contributed by atoms with Gasteiger partial charge in [0.05, 0.1) is 0 Å². The van der Waals surface area contributed by atoms with Gasteiger partial charge in [0.1, 0.15) is 16.5 Å². The molecule has 1 saturated heterocycles. The first-order valence-electron chi connectivity index (χ1n) is 8.04. The summed E-state index contributed by atoms with van der Waals surface area (Å²) in [7, 11) is -4.15. The van der Waals surface area contributed by atoms with Crippen molar-refractivity contribution in [2.75, 3.05) is 13.1 Å². The van der Waals surface area contributed by atoms with Crippen molar-refractivity contribution in [3.63, 3.8) is 0 Å². The molecule has 0 aliphatic carbocycles. The molecule has 0 saturated carbocycles. The quantitative estimate of drug-likeness (QED) is 0.732. The largest absolute Gasteiger partial charge is 0.294 e. The van der Waals surface area contributed by atoms with Gasteiger partial charge in [0, 0.05) is 35.7 Å². The van der Waals surface area contributed by atoms with Crippen LogP contribution >= 0.6 is 11.6 Å². The summed E-state index contributed by atoms with van der Waals surface area (Å²) in [5, 5.41) is 0.421. The summed E-state index contributed by atoms with van der Waals surface area (Å²) in [5.74, 6) is -2.74. The van der Waals surface area contributed by atoms with Gasteiger partial charge < -0.3 is 0 Å². The monoisotopic (exact) mass is 399 g/mol. The summed E-state index contributed by atoms with van der Waals surface area (Å²) in [6.45, 7) is 0.128. The van der Waals surface area contributed by atoms with Gasteiger partial charge in [-0.25, -0.2) is 17.2 Å². The maximum atomic E-state index is 13.9. The molecule has 1 aliphatic rings. The first kappa shape index (κ1) is 18.9. The highest BCUT2D eigenvalue weighted by Gasteiger charge is 2.35.